The number of rotatable bonds is 8. The summed E-state index contributed by atoms with van der Waals surface area (Å²) in [5.74, 6) is 1.13. The van der Waals surface area contributed by atoms with Crippen LogP contribution in [0.5, 0.6) is 11.5 Å². The summed E-state index contributed by atoms with van der Waals surface area (Å²) in [6, 6.07) is 16.6. The molecule has 27 heavy (non-hydrogen) atoms. The third-order valence-corrected chi connectivity index (χ3v) is 4.31. The van der Waals surface area contributed by atoms with Gasteiger partial charge in [0.1, 0.15) is 24.7 Å². The van der Waals surface area contributed by atoms with Crippen molar-refractivity contribution in [2.75, 3.05) is 32.8 Å². The summed E-state index contributed by atoms with van der Waals surface area (Å²) < 4.78 is 11.3. The number of benzene rings is 2. The minimum Gasteiger partial charge on any atom is -0.490 e. The predicted octanol–water partition coefficient (Wildman–Crippen LogP) is 1.88. The maximum atomic E-state index is 12.5. The Morgan fingerprint density at radius 2 is 1.74 bits per heavy atom. The van der Waals surface area contributed by atoms with Crippen molar-refractivity contribution >= 4 is 18.3 Å². The molecule has 1 aliphatic rings. The van der Waals surface area contributed by atoms with Crippen LogP contribution < -0.4 is 20.1 Å². The van der Waals surface area contributed by atoms with E-state index in [1.165, 1.54) is 0 Å². The summed E-state index contributed by atoms with van der Waals surface area (Å²) in [7, 11) is 0. The highest BCUT2D eigenvalue weighted by atomic mass is 35.5. The highest BCUT2D eigenvalue weighted by Crippen LogP contribution is 2.18. The molecule has 0 radical (unpaired) electrons. The molecular formula is C20H25ClN2O4. The Morgan fingerprint density at radius 3 is 2.48 bits per heavy atom. The van der Waals surface area contributed by atoms with Gasteiger partial charge in [-0.15, -0.1) is 12.4 Å². The second-order valence-electron chi connectivity index (χ2n) is 6.20. The molecule has 3 N–H and O–H groups in total. The molecular weight excluding hydrogens is 368 g/mol. The molecule has 2 aromatic carbocycles. The van der Waals surface area contributed by atoms with Gasteiger partial charge in [-0.3, -0.25) is 4.79 Å². The van der Waals surface area contributed by atoms with Crippen molar-refractivity contribution < 1.29 is 19.4 Å². The number of hydrogen-bond acceptors (Lipinski definition) is 5. The Kier molecular flexibility index (Phi) is 8.39. The zero-order valence-corrected chi connectivity index (χ0v) is 15.8. The predicted molar refractivity (Wildman–Crippen MR) is 106 cm³/mol. The van der Waals surface area contributed by atoms with Crippen LogP contribution in [0.3, 0.4) is 0 Å². The Labute approximate surface area is 165 Å². The van der Waals surface area contributed by atoms with Gasteiger partial charge in [0.15, 0.2) is 0 Å². The fourth-order valence-electron chi connectivity index (χ4n) is 2.85. The summed E-state index contributed by atoms with van der Waals surface area (Å²) in [6.45, 7) is 2.43. The zero-order valence-electron chi connectivity index (χ0n) is 15.0. The van der Waals surface area contributed by atoms with Gasteiger partial charge in [-0.1, -0.05) is 30.3 Å². The van der Waals surface area contributed by atoms with Crippen LogP contribution in [0, 0.1) is 5.92 Å². The number of aliphatic hydroxyl groups excluding tert-OH is 1. The monoisotopic (exact) mass is 392 g/mol. The van der Waals surface area contributed by atoms with E-state index < -0.39 is 6.10 Å². The maximum absolute atomic E-state index is 12.5. The Bertz CT molecular complexity index is 714. The van der Waals surface area contributed by atoms with E-state index in [0.29, 0.717) is 44.2 Å². The number of β-amino-alcohol motifs (C(OH)–C–C–N with tert-alkyl or cyclic N) is 1. The minimum atomic E-state index is -0.420. The van der Waals surface area contributed by atoms with Gasteiger partial charge in [0.2, 0.25) is 0 Å². The van der Waals surface area contributed by atoms with Crippen molar-refractivity contribution in [2.24, 2.45) is 5.92 Å². The number of halogens is 1. The SMILES string of the molecule is Cl.O=C(NCC1CNCC1O)c1ccccc1OCCOc1ccccc1. The number of para-hydroxylation sites is 2. The number of carbonyl (C=O) groups excluding carboxylic acids is 1. The molecule has 0 saturated carbocycles. The van der Waals surface area contributed by atoms with Crippen LogP contribution in [0.2, 0.25) is 0 Å². The quantitative estimate of drug-likeness (QED) is 0.598. The molecule has 0 spiro atoms. The Hall–Kier alpha value is -2.28. The standard InChI is InChI=1S/C20H24N2O4.ClH/c23-18-14-21-12-15(18)13-22-20(24)17-8-4-5-9-19(17)26-11-10-25-16-6-2-1-3-7-16;/h1-9,15,18,21,23H,10-14H2,(H,22,24);1H. The lowest BCUT2D eigenvalue weighted by molar-refractivity contribution is 0.0922. The summed E-state index contributed by atoms with van der Waals surface area (Å²) in [6.07, 6.45) is -0.420. The van der Waals surface area contributed by atoms with Crippen LogP contribution in [-0.2, 0) is 0 Å². The van der Waals surface area contributed by atoms with Crippen LogP contribution in [0.1, 0.15) is 10.4 Å². The largest absolute Gasteiger partial charge is 0.490 e. The molecule has 2 aromatic rings. The second-order valence-corrected chi connectivity index (χ2v) is 6.20. The van der Waals surface area contributed by atoms with Crippen LogP contribution >= 0.6 is 12.4 Å². The second kappa shape index (κ2) is 10.8. The highest BCUT2D eigenvalue weighted by molar-refractivity contribution is 5.96. The van der Waals surface area contributed by atoms with Crippen LogP contribution in [-0.4, -0.2) is 50.0 Å². The van der Waals surface area contributed by atoms with Crippen LogP contribution in [0.15, 0.2) is 54.6 Å². The molecule has 1 aliphatic heterocycles. The van der Waals surface area contributed by atoms with E-state index in [1.54, 1.807) is 18.2 Å². The van der Waals surface area contributed by atoms with E-state index in [1.807, 2.05) is 36.4 Å². The number of hydrogen-bond donors (Lipinski definition) is 3. The topological polar surface area (TPSA) is 79.8 Å². The molecule has 0 aliphatic carbocycles. The summed E-state index contributed by atoms with van der Waals surface area (Å²) in [4.78, 5) is 12.5. The van der Waals surface area contributed by atoms with Crippen molar-refractivity contribution in [3.05, 3.63) is 60.2 Å². The van der Waals surface area contributed by atoms with Crippen molar-refractivity contribution in [3.63, 3.8) is 0 Å². The molecule has 1 amide bonds. The number of carbonyl (C=O) groups is 1. The van der Waals surface area contributed by atoms with Gasteiger partial charge in [-0.05, 0) is 24.3 Å². The van der Waals surface area contributed by atoms with E-state index in [9.17, 15) is 9.90 Å². The maximum Gasteiger partial charge on any atom is 0.255 e. The lowest BCUT2D eigenvalue weighted by Gasteiger charge is -2.16. The Balaban J connectivity index is 0.00000261. The van der Waals surface area contributed by atoms with Crippen LogP contribution in [0.25, 0.3) is 0 Å². The Morgan fingerprint density at radius 1 is 1.04 bits per heavy atom. The average Bonchev–Trinajstić information content (AvgIpc) is 3.09. The number of aliphatic hydroxyl groups is 1. The first-order valence-corrected chi connectivity index (χ1v) is 8.80. The summed E-state index contributed by atoms with van der Waals surface area (Å²) >= 11 is 0. The zero-order chi connectivity index (χ0) is 18.2. The van der Waals surface area contributed by atoms with E-state index in [2.05, 4.69) is 10.6 Å². The normalized spacial score (nSPS) is 18.4. The first kappa shape index (κ1) is 21.0. The van der Waals surface area contributed by atoms with Gasteiger partial charge < -0.3 is 25.2 Å². The molecule has 7 heteroatoms. The molecule has 0 aromatic heterocycles. The third-order valence-electron chi connectivity index (χ3n) is 4.31. The highest BCUT2D eigenvalue weighted by Gasteiger charge is 2.25. The molecule has 2 unspecified atom stereocenters. The first-order chi connectivity index (χ1) is 12.7. The lowest BCUT2D eigenvalue weighted by Crippen LogP contribution is -2.34. The number of nitrogens with one attached hydrogen (secondary N) is 2. The smallest absolute Gasteiger partial charge is 0.255 e. The molecule has 1 heterocycles. The van der Waals surface area contributed by atoms with Crippen molar-refractivity contribution in [1.29, 1.82) is 0 Å². The van der Waals surface area contributed by atoms with E-state index >= 15 is 0 Å². The van der Waals surface area contributed by atoms with Gasteiger partial charge in [0.05, 0.1) is 11.7 Å². The third kappa shape index (κ3) is 6.13. The molecule has 0 bridgehead atoms. The van der Waals surface area contributed by atoms with Gasteiger partial charge in [-0.25, -0.2) is 0 Å². The van der Waals surface area contributed by atoms with Gasteiger partial charge in [0, 0.05) is 25.6 Å². The number of amides is 1. The molecule has 1 saturated heterocycles. The van der Waals surface area contributed by atoms with E-state index in [-0.39, 0.29) is 24.2 Å². The molecule has 1 fully saturated rings. The molecule has 2 atom stereocenters. The fourth-order valence-corrected chi connectivity index (χ4v) is 2.85. The van der Waals surface area contributed by atoms with E-state index in [4.69, 9.17) is 9.47 Å². The summed E-state index contributed by atoms with van der Waals surface area (Å²) in [5.41, 5.74) is 0.479. The van der Waals surface area contributed by atoms with Crippen molar-refractivity contribution in [3.8, 4) is 11.5 Å². The number of ether oxygens (including phenoxy) is 2. The molecule has 3 rings (SSSR count). The fraction of sp³-hybridized carbons (Fsp3) is 0.350. The minimum absolute atomic E-state index is 0. The van der Waals surface area contributed by atoms with Crippen molar-refractivity contribution in [1.82, 2.24) is 10.6 Å². The van der Waals surface area contributed by atoms with Gasteiger partial charge >= 0.3 is 0 Å². The lowest BCUT2D eigenvalue weighted by atomic mass is 10.1. The molecule has 6 nitrogen and oxygen atoms in total. The van der Waals surface area contributed by atoms with Gasteiger partial charge in [0.25, 0.3) is 5.91 Å². The molecule has 146 valence electrons. The van der Waals surface area contributed by atoms with Crippen molar-refractivity contribution in [2.45, 2.75) is 6.10 Å². The first-order valence-electron chi connectivity index (χ1n) is 8.80. The van der Waals surface area contributed by atoms with Crippen LogP contribution in [0.4, 0.5) is 0 Å². The summed E-state index contributed by atoms with van der Waals surface area (Å²) in [5, 5.41) is 15.8. The average molecular weight is 393 g/mol. The van der Waals surface area contributed by atoms with Gasteiger partial charge in [-0.2, -0.15) is 0 Å². The van der Waals surface area contributed by atoms with E-state index in [0.717, 1.165) is 5.75 Å².